The molecule has 0 radical (unpaired) electrons. The van der Waals surface area contributed by atoms with Crippen LogP contribution in [0.2, 0.25) is 0 Å². The number of hydrogen-bond donors (Lipinski definition) is 2. The molecule has 1 aromatic carbocycles. The van der Waals surface area contributed by atoms with E-state index in [2.05, 4.69) is 4.83 Å². The quantitative estimate of drug-likeness (QED) is 0.404. The Balaban J connectivity index is 2.86. The van der Waals surface area contributed by atoms with Gasteiger partial charge in [-0.05, 0) is 42.6 Å². The van der Waals surface area contributed by atoms with Gasteiger partial charge >= 0.3 is 0 Å². The molecule has 0 aromatic heterocycles. The Morgan fingerprint density at radius 3 is 2.82 bits per heavy atom. The highest BCUT2D eigenvalue weighted by molar-refractivity contribution is 7.97. The second-order valence-electron chi connectivity index (χ2n) is 2.13. The van der Waals surface area contributed by atoms with Crippen molar-refractivity contribution in [1.82, 2.24) is 4.83 Å². The van der Waals surface area contributed by atoms with E-state index in [1.54, 1.807) is 19.1 Å². The molecule has 0 unspecified atom stereocenters. The van der Waals surface area contributed by atoms with E-state index in [1.807, 2.05) is 0 Å². The van der Waals surface area contributed by atoms with E-state index in [9.17, 15) is 4.39 Å². The van der Waals surface area contributed by atoms with E-state index in [-0.39, 0.29) is 5.82 Å². The smallest absolute Gasteiger partial charge is 0.126 e. The fraction of sp³-hybridized carbons (Fsp3) is 0.143. The molecule has 11 heavy (non-hydrogen) atoms. The van der Waals surface area contributed by atoms with Crippen LogP contribution >= 0.6 is 11.9 Å². The predicted molar refractivity (Wildman–Crippen MR) is 44.3 cm³/mol. The highest BCUT2D eigenvalue weighted by Gasteiger charge is 1.97. The molecule has 0 spiro atoms. The molecular formula is C7H9FN2S. The summed E-state index contributed by atoms with van der Waals surface area (Å²) in [5, 5.41) is 0. The first kappa shape index (κ1) is 8.52. The summed E-state index contributed by atoms with van der Waals surface area (Å²) in [6, 6.07) is 4.84. The lowest BCUT2D eigenvalue weighted by molar-refractivity contribution is 0.617. The molecule has 0 heterocycles. The van der Waals surface area contributed by atoms with Gasteiger partial charge in [-0.1, -0.05) is 0 Å². The zero-order valence-corrected chi connectivity index (χ0v) is 6.91. The molecule has 2 nitrogen and oxygen atoms in total. The van der Waals surface area contributed by atoms with Crippen molar-refractivity contribution in [2.75, 3.05) is 0 Å². The average Bonchev–Trinajstić information content (AvgIpc) is 1.98. The minimum absolute atomic E-state index is 0.189. The Labute approximate surface area is 69.1 Å². The lowest BCUT2D eigenvalue weighted by Crippen LogP contribution is -2.11. The fourth-order valence-corrected chi connectivity index (χ4v) is 1.26. The number of aryl methyl sites for hydroxylation is 1. The maximum absolute atomic E-state index is 12.7. The molecule has 0 saturated carbocycles. The summed E-state index contributed by atoms with van der Waals surface area (Å²) >= 11 is 1.26. The number of hydrazine groups is 1. The standard InChI is InChI=1S/C7H9FN2S/c1-5-4-6(11-10-9)2-3-7(5)8/h2-4,10H,9H2,1H3. The first-order valence-corrected chi connectivity index (χ1v) is 3.94. The van der Waals surface area contributed by atoms with Crippen LogP contribution < -0.4 is 10.7 Å². The van der Waals surface area contributed by atoms with Gasteiger partial charge in [-0.25, -0.2) is 4.39 Å². The maximum atomic E-state index is 12.7. The van der Waals surface area contributed by atoms with E-state index in [0.29, 0.717) is 5.56 Å². The molecule has 1 rings (SSSR count). The normalized spacial score (nSPS) is 10.1. The van der Waals surface area contributed by atoms with Crippen molar-refractivity contribution >= 4 is 11.9 Å². The number of hydrogen-bond acceptors (Lipinski definition) is 3. The second-order valence-corrected chi connectivity index (χ2v) is 3.04. The van der Waals surface area contributed by atoms with Crippen molar-refractivity contribution < 1.29 is 4.39 Å². The van der Waals surface area contributed by atoms with Crippen molar-refractivity contribution in [3.05, 3.63) is 29.6 Å². The third-order valence-electron chi connectivity index (χ3n) is 1.31. The van der Waals surface area contributed by atoms with Crippen molar-refractivity contribution in [1.29, 1.82) is 0 Å². The molecule has 1 aromatic rings. The third kappa shape index (κ3) is 2.18. The number of rotatable bonds is 2. The second kappa shape index (κ2) is 3.71. The lowest BCUT2D eigenvalue weighted by atomic mass is 10.2. The van der Waals surface area contributed by atoms with Crippen molar-refractivity contribution in [3.8, 4) is 0 Å². The fourth-order valence-electron chi connectivity index (χ4n) is 0.749. The Kier molecular flexibility index (Phi) is 2.87. The lowest BCUT2D eigenvalue weighted by Gasteiger charge is -2.00. The van der Waals surface area contributed by atoms with Gasteiger partial charge in [-0.2, -0.15) is 4.83 Å². The topological polar surface area (TPSA) is 38.0 Å². The molecule has 0 atom stereocenters. The summed E-state index contributed by atoms with van der Waals surface area (Å²) in [6.07, 6.45) is 0. The van der Waals surface area contributed by atoms with Gasteiger partial charge in [0.15, 0.2) is 0 Å². The molecule has 0 amide bonds. The van der Waals surface area contributed by atoms with Gasteiger partial charge in [0.25, 0.3) is 0 Å². The Morgan fingerprint density at radius 2 is 2.27 bits per heavy atom. The van der Waals surface area contributed by atoms with Crippen LogP contribution in [0.15, 0.2) is 23.1 Å². The Hall–Kier alpha value is -0.580. The van der Waals surface area contributed by atoms with Gasteiger partial charge in [-0.15, -0.1) is 0 Å². The Morgan fingerprint density at radius 1 is 1.55 bits per heavy atom. The van der Waals surface area contributed by atoms with E-state index in [1.165, 1.54) is 18.0 Å². The van der Waals surface area contributed by atoms with Gasteiger partial charge in [0.2, 0.25) is 0 Å². The zero-order chi connectivity index (χ0) is 8.27. The summed E-state index contributed by atoms with van der Waals surface area (Å²) in [6.45, 7) is 1.72. The van der Waals surface area contributed by atoms with Crippen molar-refractivity contribution in [2.45, 2.75) is 11.8 Å². The maximum Gasteiger partial charge on any atom is 0.126 e. The van der Waals surface area contributed by atoms with Gasteiger partial charge in [0.05, 0.1) is 0 Å². The van der Waals surface area contributed by atoms with E-state index >= 15 is 0 Å². The van der Waals surface area contributed by atoms with E-state index in [0.717, 1.165) is 4.90 Å². The molecule has 0 saturated heterocycles. The van der Waals surface area contributed by atoms with Gasteiger partial charge < -0.3 is 0 Å². The molecule has 0 fully saturated rings. The summed E-state index contributed by atoms with van der Waals surface area (Å²) < 4.78 is 12.7. The van der Waals surface area contributed by atoms with Crippen LogP contribution in [0.25, 0.3) is 0 Å². The van der Waals surface area contributed by atoms with Gasteiger partial charge in [0, 0.05) is 4.90 Å². The number of halogens is 1. The molecular weight excluding hydrogens is 163 g/mol. The first-order chi connectivity index (χ1) is 5.24. The molecule has 0 aliphatic rings. The predicted octanol–water partition coefficient (Wildman–Crippen LogP) is 1.60. The molecule has 3 N–H and O–H groups in total. The zero-order valence-electron chi connectivity index (χ0n) is 6.10. The van der Waals surface area contributed by atoms with Crippen LogP contribution in [-0.2, 0) is 0 Å². The monoisotopic (exact) mass is 172 g/mol. The number of nitrogens with one attached hydrogen (secondary N) is 1. The highest BCUT2D eigenvalue weighted by atomic mass is 32.2. The summed E-state index contributed by atoms with van der Waals surface area (Å²) in [4.78, 5) is 3.33. The third-order valence-corrected chi connectivity index (χ3v) is 1.91. The largest absolute Gasteiger partial charge is 0.261 e. The molecule has 0 bridgehead atoms. The SMILES string of the molecule is Cc1cc(SNN)ccc1F. The molecule has 0 aliphatic heterocycles. The van der Waals surface area contributed by atoms with Gasteiger partial charge in [0.1, 0.15) is 5.82 Å². The van der Waals surface area contributed by atoms with Crippen LogP contribution in [0.5, 0.6) is 0 Å². The summed E-state index contributed by atoms with van der Waals surface area (Å²) in [7, 11) is 0. The first-order valence-electron chi connectivity index (χ1n) is 3.12. The van der Waals surface area contributed by atoms with Crippen molar-refractivity contribution in [2.24, 2.45) is 5.84 Å². The number of benzene rings is 1. The molecule has 0 aliphatic carbocycles. The molecule has 60 valence electrons. The minimum Gasteiger partial charge on any atom is -0.261 e. The van der Waals surface area contributed by atoms with Crippen LogP contribution in [0, 0.1) is 12.7 Å². The summed E-state index contributed by atoms with van der Waals surface area (Å²) in [5.41, 5.74) is 0.630. The van der Waals surface area contributed by atoms with E-state index < -0.39 is 0 Å². The van der Waals surface area contributed by atoms with Crippen LogP contribution in [-0.4, -0.2) is 0 Å². The van der Waals surface area contributed by atoms with E-state index in [4.69, 9.17) is 5.84 Å². The average molecular weight is 172 g/mol. The summed E-state index contributed by atoms with van der Waals surface area (Å²) in [5.74, 6) is 4.88. The highest BCUT2D eigenvalue weighted by Crippen LogP contribution is 2.16. The van der Waals surface area contributed by atoms with Gasteiger partial charge in [-0.3, -0.25) is 5.84 Å². The Bertz CT molecular complexity index is 252. The van der Waals surface area contributed by atoms with Crippen LogP contribution in [0.4, 0.5) is 4.39 Å². The molecule has 4 heteroatoms. The minimum atomic E-state index is -0.189. The van der Waals surface area contributed by atoms with Crippen molar-refractivity contribution in [3.63, 3.8) is 0 Å². The van der Waals surface area contributed by atoms with Crippen LogP contribution in [0.3, 0.4) is 0 Å². The number of nitrogens with two attached hydrogens (primary N) is 1. The van der Waals surface area contributed by atoms with Crippen LogP contribution in [0.1, 0.15) is 5.56 Å².